The number of amides is 1. The summed E-state index contributed by atoms with van der Waals surface area (Å²) >= 11 is 4.86. The van der Waals surface area contributed by atoms with Gasteiger partial charge in [0.1, 0.15) is 0 Å². The lowest BCUT2D eigenvalue weighted by Gasteiger charge is -2.27. The maximum absolute atomic E-state index is 11.0. The van der Waals surface area contributed by atoms with Crippen molar-refractivity contribution in [1.29, 1.82) is 0 Å². The molecule has 0 saturated heterocycles. The lowest BCUT2D eigenvalue weighted by molar-refractivity contribution is 0.259. The zero-order valence-corrected chi connectivity index (χ0v) is 13.2. The molecule has 0 fully saturated rings. The van der Waals surface area contributed by atoms with E-state index in [-0.39, 0.29) is 10.2 Å². The Morgan fingerprint density at radius 1 is 1.50 bits per heavy atom. The average Bonchev–Trinajstić information content (AvgIpc) is 2.36. The maximum atomic E-state index is 11.0. The fraction of sp³-hybridized carbons (Fsp3) is 0.500. The number of benzene rings is 1. The van der Waals surface area contributed by atoms with Crippen LogP contribution in [0.2, 0.25) is 0 Å². The van der Waals surface area contributed by atoms with Gasteiger partial charge in [-0.05, 0) is 35.8 Å². The summed E-state index contributed by atoms with van der Waals surface area (Å²) in [5, 5.41) is 2.84. The molecule has 0 saturated carbocycles. The minimum Gasteiger partial charge on any atom is -0.346 e. The van der Waals surface area contributed by atoms with E-state index in [0.717, 1.165) is 0 Å². The molecule has 2 nitrogen and oxygen atoms in total. The van der Waals surface area contributed by atoms with Crippen molar-refractivity contribution in [2.75, 3.05) is 12.3 Å². The van der Waals surface area contributed by atoms with Crippen molar-refractivity contribution in [3.8, 4) is 0 Å². The summed E-state index contributed by atoms with van der Waals surface area (Å²) in [5.74, 6) is 1.23. The van der Waals surface area contributed by atoms with Crippen LogP contribution >= 0.6 is 27.7 Å². The van der Waals surface area contributed by atoms with Gasteiger partial charge in [-0.25, -0.2) is 0 Å². The molecule has 0 spiro atoms. The first kappa shape index (κ1) is 13.9. The van der Waals surface area contributed by atoms with Crippen LogP contribution in [-0.4, -0.2) is 17.1 Å². The predicted octanol–water partition coefficient (Wildman–Crippen LogP) is 4.11. The van der Waals surface area contributed by atoms with E-state index in [1.165, 1.54) is 34.6 Å². The van der Waals surface area contributed by atoms with E-state index in [0.29, 0.717) is 6.54 Å². The van der Waals surface area contributed by atoms with E-state index in [9.17, 15) is 4.79 Å². The van der Waals surface area contributed by atoms with Crippen LogP contribution < -0.4 is 5.32 Å². The highest BCUT2D eigenvalue weighted by Crippen LogP contribution is 2.33. The normalized spacial score (nSPS) is 15.1. The summed E-state index contributed by atoms with van der Waals surface area (Å²) < 4.78 is 0. The Bertz CT molecular complexity index is 459. The Labute approximate surface area is 121 Å². The SMILES string of the molecule is CC(C)(CNC(=O)Br)c1ccc2c(c1)CCCS2. The quantitative estimate of drug-likeness (QED) is 0.668. The maximum Gasteiger partial charge on any atom is 0.287 e. The molecule has 1 aromatic carbocycles. The van der Waals surface area contributed by atoms with Crippen molar-refractivity contribution in [2.45, 2.75) is 37.0 Å². The molecule has 1 heterocycles. The number of nitrogens with one attached hydrogen (secondary N) is 1. The van der Waals surface area contributed by atoms with Gasteiger partial charge >= 0.3 is 0 Å². The molecule has 0 aliphatic carbocycles. The summed E-state index contributed by atoms with van der Waals surface area (Å²) in [6.07, 6.45) is 2.44. The van der Waals surface area contributed by atoms with Gasteiger partial charge < -0.3 is 5.32 Å². The van der Waals surface area contributed by atoms with Gasteiger partial charge in [-0.2, -0.15) is 0 Å². The first-order valence-electron chi connectivity index (χ1n) is 6.18. The average molecular weight is 328 g/mol. The summed E-state index contributed by atoms with van der Waals surface area (Å²) in [4.78, 5) is 12.2. The fourth-order valence-corrected chi connectivity index (χ4v) is 3.33. The second-order valence-electron chi connectivity index (χ2n) is 5.29. The zero-order chi connectivity index (χ0) is 13.2. The predicted molar refractivity (Wildman–Crippen MR) is 80.8 cm³/mol. The fourth-order valence-electron chi connectivity index (χ4n) is 2.17. The summed E-state index contributed by atoms with van der Waals surface area (Å²) in [6.45, 7) is 4.96. The van der Waals surface area contributed by atoms with Crippen molar-refractivity contribution in [1.82, 2.24) is 5.32 Å². The van der Waals surface area contributed by atoms with Crippen molar-refractivity contribution >= 4 is 32.5 Å². The number of carbonyl (C=O) groups is 1. The van der Waals surface area contributed by atoms with Crippen molar-refractivity contribution in [3.63, 3.8) is 0 Å². The zero-order valence-electron chi connectivity index (χ0n) is 10.8. The molecule has 1 amide bonds. The van der Waals surface area contributed by atoms with Gasteiger partial charge in [0.15, 0.2) is 0 Å². The number of rotatable bonds is 3. The highest BCUT2D eigenvalue weighted by molar-refractivity contribution is 9.18. The molecule has 1 aliphatic heterocycles. The van der Waals surface area contributed by atoms with E-state index in [1.54, 1.807) is 0 Å². The number of hydrogen-bond donors (Lipinski definition) is 1. The van der Waals surface area contributed by atoms with Gasteiger partial charge in [-0.15, -0.1) is 11.8 Å². The molecule has 0 aromatic heterocycles. The van der Waals surface area contributed by atoms with Crippen LogP contribution in [0.4, 0.5) is 4.79 Å². The topological polar surface area (TPSA) is 29.1 Å². The number of hydrogen-bond acceptors (Lipinski definition) is 2. The second kappa shape index (κ2) is 5.66. The number of carbonyl (C=O) groups excluding carboxylic acids is 1. The molecular formula is C14H18BrNOS. The number of aryl methyl sites for hydroxylation is 1. The summed E-state index contributed by atoms with van der Waals surface area (Å²) in [7, 11) is 0. The van der Waals surface area contributed by atoms with Gasteiger partial charge in [0, 0.05) is 32.8 Å². The van der Waals surface area contributed by atoms with Gasteiger partial charge in [0.2, 0.25) is 0 Å². The third kappa shape index (κ3) is 3.29. The lowest BCUT2D eigenvalue weighted by atomic mass is 9.83. The Kier molecular flexibility index (Phi) is 4.38. The molecule has 0 radical (unpaired) electrons. The molecular weight excluding hydrogens is 310 g/mol. The largest absolute Gasteiger partial charge is 0.346 e. The smallest absolute Gasteiger partial charge is 0.287 e. The van der Waals surface area contributed by atoms with E-state index in [2.05, 4.69) is 53.3 Å². The van der Waals surface area contributed by atoms with Crippen molar-refractivity contribution < 1.29 is 4.79 Å². The first-order valence-corrected chi connectivity index (χ1v) is 7.96. The van der Waals surface area contributed by atoms with Crippen LogP contribution in [0.1, 0.15) is 31.4 Å². The monoisotopic (exact) mass is 327 g/mol. The number of halogens is 1. The van der Waals surface area contributed by atoms with Crippen LogP contribution in [0, 0.1) is 0 Å². The molecule has 2 rings (SSSR count). The van der Waals surface area contributed by atoms with Crippen molar-refractivity contribution in [2.24, 2.45) is 0 Å². The minimum absolute atomic E-state index is 0.0411. The molecule has 1 aromatic rings. The van der Waals surface area contributed by atoms with Crippen molar-refractivity contribution in [3.05, 3.63) is 29.3 Å². The lowest BCUT2D eigenvalue weighted by Crippen LogP contribution is -2.34. The Balaban J connectivity index is 2.19. The molecule has 0 unspecified atom stereocenters. The van der Waals surface area contributed by atoms with E-state index in [1.807, 2.05) is 11.8 Å². The molecule has 18 heavy (non-hydrogen) atoms. The second-order valence-corrected chi connectivity index (χ2v) is 7.14. The van der Waals surface area contributed by atoms with E-state index < -0.39 is 0 Å². The van der Waals surface area contributed by atoms with Crippen LogP contribution in [0.25, 0.3) is 0 Å². The Morgan fingerprint density at radius 3 is 3.00 bits per heavy atom. The first-order chi connectivity index (χ1) is 8.49. The molecule has 0 bridgehead atoms. The molecule has 0 atom stereocenters. The van der Waals surface area contributed by atoms with Crippen LogP contribution in [0.15, 0.2) is 23.1 Å². The van der Waals surface area contributed by atoms with Crippen LogP contribution in [-0.2, 0) is 11.8 Å². The third-order valence-corrected chi connectivity index (χ3v) is 4.84. The molecule has 1 N–H and O–H groups in total. The minimum atomic E-state index is -0.149. The third-order valence-electron chi connectivity index (χ3n) is 3.36. The van der Waals surface area contributed by atoms with Crippen LogP contribution in [0.5, 0.6) is 0 Å². The highest BCUT2D eigenvalue weighted by atomic mass is 79.9. The van der Waals surface area contributed by atoms with Gasteiger partial charge in [0.05, 0.1) is 0 Å². The highest BCUT2D eigenvalue weighted by Gasteiger charge is 2.22. The van der Waals surface area contributed by atoms with Gasteiger partial charge in [0.25, 0.3) is 4.82 Å². The Hall–Kier alpha value is -0.480. The molecule has 98 valence electrons. The van der Waals surface area contributed by atoms with Gasteiger partial charge in [-0.1, -0.05) is 26.0 Å². The van der Waals surface area contributed by atoms with Gasteiger partial charge in [-0.3, -0.25) is 4.79 Å². The molecule has 4 heteroatoms. The standard InChI is InChI=1S/C14H18BrNOS/c1-14(2,9-16-13(15)17)11-5-6-12-10(8-11)4-3-7-18-12/h5-6,8H,3-4,7,9H2,1-2H3,(H,16,17). The summed E-state index contributed by atoms with van der Waals surface area (Å²) in [5.41, 5.74) is 2.72. The van der Waals surface area contributed by atoms with E-state index >= 15 is 0 Å². The Morgan fingerprint density at radius 2 is 2.28 bits per heavy atom. The van der Waals surface area contributed by atoms with E-state index in [4.69, 9.17) is 0 Å². The molecule has 1 aliphatic rings. The van der Waals surface area contributed by atoms with Crippen LogP contribution in [0.3, 0.4) is 0 Å². The number of thioether (sulfide) groups is 1. The summed E-state index contributed by atoms with van der Waals surface area (Å²) in [6, 6.07) is 6.73. The number of fused-ring (bicyclic) bond motifs is 1.